The van der Waals surface area contributed by atoms with E-state index in [4.69, 9.17) is 0 Å². The van der Waals surface area contributed by atoms with Gasteiger partial charge in [0.15, 0.2) is 0 Å². The highest BCUT2D eigenvalue weighted by atomic mass is 31.1. The van der Waals surface area contributed by atoms with Crippen LogP contribution < -0.4 is 0 Å². The average molecular weight is 222 g/mol. The van der Waals surface area contributed by atoms with Gasteiger partial charge in [-0.05, 0) is 29.5 Å². The molecule has 0 saturated carbocycles. The Kier molecular flexibility index (Phi) is 5.32. The minimum Gasteiger partial charge on any atom is -0.101 e. The molecule has 0 aliphatic rings. The first-order chi connectivity index (χ1) is 7.11. The van der Waals surface area contributed by atoms with Crippen molar-refractivity contribution >= 4 is 7.92 Å². The molecule has 0 nitrogen and oxygen atoms in total. The van der Waals surface area contributed by atoms with Crippen molar-refractivity contribution in [3.63, 3.8) is 0 Å². The lowest BCUT2D eigenvalue weighted by Gasteiger charge is -2.25. The third-order valence-corrected chi connectivity index (χ3v) is 6.22. The van der Waals surface area contributed by atoms with Gasteiger partial charge in [-0.3, -0.25) is 0 Å². The molecule has 0 amide bonds. The van der Waals surface area contributed by atoms with E-state index in [0.717, 1.165) is 11.3 Å². The fraction of sp³-hybridized carbons (Fsp3) is 0.571. The Balaban J connectivity index is 2.47. The summed E-state index contributed by atoms with van der Waals surface area (Å²) in [7, 11) is 0.198. The summed E-state index contributed by atoms with van der Waals surface area (Å²) in [5.41, 5.74) is 3.22. The summed E-state index contributed by atoms with van der Waals surface area (Å²) in [6.45, 7) is 9.49. The number of hydrogen-bond donors (Lipinski definition) is 0. The highest BCUT2D eigenvalue weighted by Gasteiger charge is 2.15. The zero-order chi connectivity index (χ0) is 11.3. The molecule has 1 aromatic rings. The van der Waals surface area contributed by atoms with E-state index in [1.165, 1.54) is 18.1 Å². The van der Waals surface area contributed by atoms with Gasteiger partial charge >= 0.3 is 0 Å². The number of aryl methyl sites for hydroxylation is 1. The minimum atomic E-state index is 0.198. The molecule has 15 heavy (non-hydrogen) atoms. The lowest BCUT2D eigenvalue weighted by molar-refractivity contribution is 0.982. The molecule has 0 N–H and O–H groups in total. The Morgan fingerprint density at radius 1 is 0.933 bits per heavy atom. The first kappa shape index (κ1) is 12.7. The number of hydrogen-bond acceptors (Lipinski definition) is 0. The summed E-state index contributed by atoms with van der Waals surface area (Å²) in [5, 5.41) is 0. The van der Waals surface area contributed by atoms with Crippen LogP contribution in [0.4, 0.5) is 0 Å². The summed E-state index contributed by atoms with van der Waals surface area (Å²) < 4.78 is 0. The second kappa shape index (κ2) is 6.28. The molecule has 0 bridgehead atoms. The molecule has 84 valence electrons. The molecule has 0 aliphatic carbocycles. The van der Waals surface area contributed by atoms with Gasteiger partial charge in [0.05, 0.1) is 0 Å². The first-order valence-corrected chi connectivity index (χ1v) is 7.57. The van der Waals surface area contributed by atoms with E-state index in [2.05, 4.69) is 58.0 Å². The van der Waals surface area contributed by atoms with Crippen molar-refractivity contribution in [1.82, 2.24) is 0 Å². The second-order valence-corrected chi connectivity index (χ2v) is 8.20. The van der Waals surface area contributed by atoms with E-state index >= 15 is 0 Å². The van der Waals surface area contributed by atoms with Gasteiger partial charge in [0.2, 0.25) is 0 Å². The first-order valence-electron chi connectivity index (χ1n) is 5.91. The van der Waals surface area contributed by atoms with Gasteiger partial charge in [-0.2, -0.15) is 0 Å². The van der Waals surface area contributed by atoms with Crippen molar-refractivity contribution in [2.24, 2.45) is 0 Å². The van der Waals surface area contributed by atoms with Gasteiger partial charge in [-0.25, -0.2) is 0 Å². The Morgan fingerprint density at radius 2 is 1.47 bits per heavy atom. The quantitative estimate of drug-likeness (QED) is 0.642. The average Bonchev–Trinajstić information content (AvgIpc) is 2.18. The highest BCUT2D eigenvalue weighted by Crippen LogP contribution is 2.46. The zero-order valence-corrected chi connectivity index (χ0v) is 11.3. The molecule has 1 heteroatoms. The SMILES string of the molecule is CC(C)P(CCc1ccccc1)C(C)C. The Hall–Kier alpha value is -0.350. The predicted octanol–water partition coefficient (Wildman–Crippen LogP) is 4.53. The Bertz CT molecular complexity index is 256. The standard InChI is InChI=1S/C14H23P/c1-12(2)15(13(3)4)11-10-14-8-6-5-7-9-14/h5-9,12-13H,10-11H2,1-4H3. The van der Waals surface area contributed by atoms with Crippen LogP contribution in [0.1, 0.15) is 33.3 Å². The molecular weight excluding hydrogens is 199 g/mol. The maximum atomic E-state index is 2.37. The van der Waals surface area contributed by atoms with Crippen molar-refractivity contribution in [3.8, 4) is 0 Å². The molecule has 0 aliphatic heterocycles. The van der Waals surface area contributed by atoms with Crippen LogP contribution in [-0.2, 0) is 6.42 Å². The van der Waals surface area contributed by atoms with E-state index in [-0.39, 0.29) is 7.92 Å². The third kappa shape index (κ3) is 4.34. The summed E-state index contributed by atoms with van der Waals surface area (Å²) in [5.74, 6) is 0. The fourth-order valence-electron chi connectivity index (χ4n) is 2.02. The molecule has 0 atom stereocenters. The van der Waals surface area contributed by atoms with Crippen LogP contribution in [0, 0.1) is 0 Å². The minimum absolute atomic E-state index is 0.198. The van der Waals surface area contributed by atoms with E-state index in [9.17, 15) is 0 Å². The summed E-state index contributed by atoms with van der Waals surface area (Å²) in [6.07, 6.45) is 2.64. The van der Waals surface area contributed by atoms with Crippen molar-refractivity contribution < 1.29 is 0 Å². The predicted molar refractivity (Wildman–Crippen MR) is 72.2 cm³/mol. The maximum Gasteiger partial charge on any atom is -0.0239 e. The molecule has 0 radical (unpaired) electrons. The maximum absolute atomic E-state index is 2.37. The van der Waals surface area contributed by atoms with Gasteiger partial charge in [-0.15, -0.1) is 7.92 Å². The van der Waals surface area contributed by atoms with Crippen molar-refractivity contribution in [3.05, 3.63) is 35.9 Å². The Morgan fingerprint density at radius 3 is 1.93 bits per heavy atom. The molecule has 0 heterocycles. The zero-order valence-electron chi connectivity index (χ0n) is 10.4. The smallest absolute Gasteiger partial charge is 0.0239 e. The lowest BCUT2D eigenvalue weighted by Crippen LogP contribution is -2.08. The monoisotopic (exact) mass is 222 g/mol. The van der Waals surface area contributed by atoms with Crippen molar-refractivity contribution in [2.45, 2.75) is 45.4 Å². The van der Waals surface area contributed by atoms with Crippen molar-refractivity contribution in [1.29, 1.82) is 0 Å². The van der Waals surface area contributed by atoms with Crippen LogP contribution in [0.15, 0.2) is 30.3 Å². The van der Waals surface area contributed by atoms with Gasteiger partial charge in [0.1, 0.15) is 0 Å². The molecule has 1 rings (SSSR count). The largest absolute Gasteiger partial charge is 0.101 e. The van der Waals surface area contributed by atoms with Gasteiger partial charge in [0, 0.05) is 0 Å². The van der Waals surface area contributed by atoms with Crippen LogP contribution in [0.2, 0.25) is 0 Å². The normalized spacial score (nSPS) is 11.7. The molecule has 0 fully saturated rings. The highest BCUT2D eigenvalue weighted by molar-refractivity contribution is 7.59. The van der Waals surface area contributed by atoms with Crippen LogP contribution >= 0.6 is 7.92 Å². The summed E-state index contributed by atoms with van der Waals surface area (Å²) >= 11 is 0. The van der Waals surface area contributed by atoms with Crippen molar-refractivity contribution in [2.75, 3.05) is 6.16 Å². The molecule has 0 saturated heterocycles. The van der Waals surface area contributed by atoms with E-state index in [0.29, 0.717) is 0 Å². The molecule has 1 aromatic carbocycles. The topological polar surface area (TPSA) is 0 Å². The van der Waals surface area contributed by atoms with Gasteiger partial charge < -0.3 is 0 Å². The molecule has 0 aromatic heterocycles. The summed E-state index contributed by atoms with van der Waals surface area (Å²) in [6, 6.07) is 10.9. The van der Waals surface area contributed by atoms with Crippen LogP contribution in [-0.4, -0.2) is 17.5 Å². The van der Waals surface area contributed by atoms with Gasteiger partial charge in [-0.1, -0.05) is 58.0 Å². The lowest BCUT2D eigenvalue weighted by atomic mass is 10.2. The molecular formula is C14H23P. The van der Waals surface area contributed by atoms with Gasteiger partial charge in [0.25, 0.3) is 0 Å². The van der Waals surface area contributed by atoms with Crippen LogP contribution in [0.5, 0.6) is 0 Å². The summed E-state index contributed by atoms with van der Waals surface area (Å²) in [4.78, 5) is 0. The Labute approximate surface area is 95.9 Å². The second-order valence-electron chi connectivity index (χ2n) is 4.66. The van der Waals surface area contributed by atoms with E-state index < -0.39 is 0 Å². The number of benzene rings is 1. The van der Waals surface area contributed by atoms with E-state index in [1.54, 1.807) is 0 Å². The van der Waals surface area contributed by atoms with E-state index in [1.807, 2.05) is 0 Å². The van der Waals surface area contributed by atoms with Crippen LogP contribution in [0.3, 0.4) is 0 Å². The number of rotatable bonds is 5. The molecule has 0 spiro atoms. The molecule has 0 unspecified atom stereocenters. The third-order valence-electron chi connectivity index (χ3n) is 2.83. The fourth-order valence-corrected chi connectivity index (χ4v) is 4.76. The van der Waals surface area contributed by atoms with Crippen LogP contribution in [0.25, 0.3) is 0 Å².